The number of carbonyl (C=O) groups is 1. The molecule has 0 aliphatic carbocycles. The fourth-order valence-corrected chi connectivity index (χ4v) is 2.59. The van der Waals surface area contributed by atoms with E-state index in [0.717, 1.165) is 15.4 Å². The van der Waals surface area contributed by atoms with Crippen LogP contribution in [0, 0.1) is 3.57 Å². The lowest BCUT2D eigenvalue weighted by molar-refractivity contribution is 0.112. The number of rotatable bonds is 1. The second-order valence-electron chi connectivity index (χ2n) is 4.03. The first-order chi connectivity index (χ1) is 8.70. The van der Waals surface area contributed by atoms with Gasteiger partial charge in [0.05, 0.1) is 11.0 Å². The number of H-pyrrole nitrogens is 1. The maximum atomic E-state index is 12.3. The predicted molar refractivity (Wildman–Crippen MR) is 80.2 cm³/mol. The summed E-state index contributed by atoms with van der Waals surface area (Å²) in [5, 5.41) is 1.19. The van der Waals surface area contributed by atoms with Crippen molar-refractivity contribution in [2.24, 2.45) is 0 Å². The van der Waals surface area contributed by atoms with Crippen LogP contribution in [-0.2, 0) is 0 Å². The highest BCUT2D eigenvalue weighted by Crippen LogP contribution is 2.18. The summed E-state index contributed by atoms with van der Waals surface area (Å²) in [6.07, 6.45) is 0.762. The summed E-state index contributed by atoms with van der Waals surface area (Å²) < 4.78 is 1.04. The molecule has 1 heterocycles. The predicted octanol–water partition coefficient (Wildman–Crippen LogP) is 3.10. The van der Waals surface area contributed by atoms with Crippen LogP contribution in [0.4, 0.5) is 0 Å². The third-order valence-electron chi connectivity index (χ3n) is 2.95. The van der Waals surface area contributed by atoms with Gasteiger partial charge in [-0.2, -0.15) is 0 Å². The van der Waals surface area contributed by atoms with Crippen LogP contribution >= 0.6 is 22.6 Å². The molecule has 3 rings (SSSR count). The molecule has 2 aromatic carbocycles. The molecule has 0 aliphatic rings. The Hall–Kier alpha value is -1.69. The van der Waals surface area contributed by atoms with E-state index < -0.39 is 0 Å². The summed E-state index contributed by atoms with van der Waals surface area (Å²) in [7, 11) is 0. The quantitative estimate of drug-likeness (QED) is 0.417. The van der Waals surface area contributed by atoms with Gasteiger partial charge in [0.25, 0.3) is 0 Å². The van der Waals surface area contributed by atoms with Gasteiger partial charge in [-0.1, -0.05) is 6.07 Å². The molecule has 3 aromatic rings. The van der Waals surface area contributed by atoms with Crippen LogP contribution in [0.25, 0.3) is 21.8 Å². The molecule has 0 saturated carbocycles. The minimum atomic E-state index is -0.0427. The van der Waals surface area contributed by atoms with Gasteiger partial charge in [0.2, 0.25) is 0 Å². The Bertz CT molecular complexity index is 836. The van der Waals surface area contributed by atoms with Gasteiger partial charge in [-0.05, 0) is 52.9 Å². The van der Waals surface area contributed by atoms with Crippen molar-refractivity contribution in [3.05, 3.63) is 55.8 Å². The topological polar surface area (TPSA) is 49.9 Å². The van der Waals surface area contributed by atoms with Crippen molar-refractivity contribution < 1.29 is 4.79 Å². The lowest BCUT2D eigenvalue weighted by atomic mass is 10.1. The van der Waals surface area contributed by atoms with Crippen molar-refractivity contribution in [1.82, 2.24) is 4.98 Å². The zero-order chi connectivity index (χ0) is 12.7. The summed E-state index contributed by atoms with van der Waals surface area (Å²) in [5.74, 6) is 0. The van der Waals surface area contributed by atoms with Gasteiger partial charge in [0, 0.05) is 19.9 Å². The maximum Gasteiger partial charge on any atom is 0.197 e. The smallest absolute Gasteiger partial charge is 0.197 e. The number of hydrogen-bond donors (Lipinski definition) is 1. The third-order valence-corrected chi connectivity index (χ3v) is 3.63. The lowest BCUT2D eigenvalue weighted by Gasteiger charge is -2.04. The van der Waals surface area contributed by atoms with Gasteiger partial charge in [0.15, 0.2) is 11.7 Å². The Morgan fingerprint density at radius 3 is 2.72 bits per heavy atom. The molecule has 18 heavy (non-hydrogen) atoms. The van der Waals surface area contributed by atoms with Gasteiger partial charge in [0.1, 0.15) is 0 Å². The van der Waals surface area contributed by atoms with Gasteiger partial charge in [-0.15, -0.1) is 0 Å². The van der Waals surface area contributed by atoms with Gasteiger partial charge < -0.3 is 4.98 Å². The Labute approximate surface area is 116 Å². The van der Waals surface area contributed by atoms with Crippen molar-refractivity contribution in [2.45, 2.75) is 0 Å². The number of hydrogen-bond acceptors (Lipinski definition) is 2. The van der Waals surface area contributed by atoms with Crippen LogP contribution < -0.4 is 5.43 Å². The van der Waals surface area contributed by atoms with Gasteiger partial charge in [-0.3, -0.25) is 9.59 Å². The average molecular weight is 349 g/mol. The SMILES string of the molecule is O=Cc1cccc2c(=O)c3ccc(I)cc3[nH]c12. The van der Waals surface area contributed by atoms with Crippen LogP contribution in [0.15, 0.2) is 41.2 Å². The van der Waals surface area contributed by atoms with E-state index in [1.165, 1.54) is 0 Å². The number of fused-ring (bicyclic) bond motifs is 2. The molecular formula is C14H8INO2. The second-order valence-corrected chi connectivity index (χ2v) is 5.28. The second kappa shape index (κ2) is 4.20. The maximum absolute atomic E-state index is 12.3. The minimum absolute atomic E-state index is 0.0427. The number of pyridine rings is 1. The van der Waals surface area contributed by atoms with Crippen molar-refractivity contribution in [3.8, 4) is 0 Å². The fraction of sp³-hybridized carbons (Fsp3) is 0. The van der Waals surface area contributed by atoms with Crippen LogP contribution in [-0.4, -0.2) is 11.3 Å². The van der Waals surface area contributed by atoms with Crippen molar-refractivity contribution in [1.29, 1.82) is 0 Å². The molecule has 0 spiro atoms. The monoisotopic (exact) mass is 349 g/mol. The number of nitrogens with one attached hydrogen (secondary N) is 1. The summed E-state index contributed by atoms with van der Waals surface area (Å²) in [6.45, 7) is 0. The molecule has 1 aromatic heterocycles. The summed E-state index contributed by atoms with van der Waals surface area (Å²) in [5.41, 5.74) is 1.82. The molecule has 88 valence electrons. The molecular weight excluding hydrogens is 341 g/mol. The molecule has 4 heteroatoms. The fourth-order valence-electron chi connectivity index (χ4n) is 2.09. The molecule has 1 N–H and O–H groups in total. The molecule has 0 radical (unpaired) electrons. The molecule has 0 fully saturated rings. The van der Waals surface area contributed by atoms with E-state index in [2.05, 4.69) is 27.6 Å². The highest BCUT2D eigenvalue weighted by molar-refractivity contribution is 14.1. The summed E-state index contributed by atoms with van der Waals surface area (Å²) in [4.78, 5) is 26.5. The number of halogens is 1. The van der Waals surface area contributed by atoms with Crippen LogP contribution in [0.1, 0.15) is 10.4 Å². The molecule has 0 unspecified atom stereocenters. The molecule has 0 saturated heterocycles. The van der Waals surface area contributed by atoms with E-state index in [0.29, 0.717) is 21.9 Å². The Morgan fingerprint density at radius 1 is 1.11 bits per heavy atom. The number of aldehydes is 1. The number of aromatic amines is 1. The van der Waals surface area contributed by atoms with Gasteiger partial charge in [-0.25, -0.2) is 0 Å². The first-order valence-electron chi connectivity index (χ1n) is 5.40. The zero-order valence-corrected chi connectivity index (χ0v) is 11.4. The van der Waals surface area contributed by atoms with Crippen molar-refractivity contribution in [2.75, 3.05) is 0 Å². The Morgan fingerprint density at radius 2 is 1.94 bits per heavy atom. The number of carbonyl (C=O) groups excluding carboxylic acids is 1. The average Bonchev–Trinajstić information content (AvgIpc) is 2.38. The number of para-hydroxylation sites is 1. The normalized spacial score (nSPS) is 10.9. The van der Waals surface area contributed by atoms with Crippen LogP contribution in [0.5, 0.6) is 0 Å². The van der Waals surface area contributed by atoms with Crippen molar-refractivity contribution in [3.63, 3.8) is 0 Å². The van der Waals surface area contributed by atoms with E-state index in [9.17, 15) is 9.59 Å². The van der Waals surface area contributed by atoms with E-state index in [4.69, 9.17) is 0 Å². The van der Waals surface area contributed by atoms with Crippen LogP contribution in [0.3, 0.4) is 0 Å². The Balaban J connectivity index is 2.60. The zero-order valence-electron chi connectivity index (χ0n) is 9.24. The van der Waals surface area contributed by atoms with E-state index >= 15 is 0 Å². The first kappa shape index (κ1) is 11.4. The van der Waals surface area contributed by atoms with Crippen LogP contribution in [0.2, 0.25) is 0 Å². The first-order valence-corrected chi connectivity index (χ1v) is 6.48. The third kappa shape index (κ3) is 1.64. The summed E-state index contributed by atoms with van der Waals surface area (Å²) in [6, 6.07) is 10.8. The van der Waals surface area contributed by atoms with Gasteiger partial charge >= 0.3 is 0 Å². The summed E-state index contributed by atoms with van der Waals surface area (Å²) >= 11 is 2.19. The van der Waals surface area contributed by atoms with Crippen molar-refractivity contribution >= 4 is 50.7 Å². The highest BCUT2D eigenvalue weighted by Gasteiger charge is 2.08. The molecule has 3 nitrogen and oxygen atoms in total. The standard InChI is InChI=1S/C14H8INO2/c15-9-4-5-10-12(6-9)16-13-8(7-17)2-1-3-11(13)14(10)18/h1-7H,(H,16,18). The molecule has 0 bridgehead atoms. The van der Waals surface area contributed by atoms with E-state index in [1.807, 2.05) is 18.2 Å². The van der Waals surface area contributed by atoms with E-state index in [-0.39, 0.29) is 5.43 Å². The molecule has 0 atom stereocenters. The number of aromatic nitrogens is 1. The highest BCUT2D eigenvalue weighted by atomic mass is 127. The minimum Gasteiger partial charge on any atom is -0.354 e. The Kier molecular flexibility index (Phi) is 2.66. The largest absolute Gasteiger partial charge is 0.354 e. The molecule has 0 amide bonds. The lowest BCUT2D eigenvalue weighted by Crippen LogP contribution is -2.05. The number of benzene rings is 2. The molecule has 0 aliphatic heterocycles. The van der Waals surface area contributed by atoms with E-state index in [1.54, 1.807) is 18.2 Å².